The fraction of sp³-hybridized carbons (Fsp3) is 0.571. The summed E-state index contributed by atoms with van der Waals surface area (Å²) in [6, 6.07) is 16.8. The highest BCUT2D eigenvalue weighted by atomic mass is 16.5. The van der Waals surface area contributed by atoms with Gasteiger partial charge in [0.05, 0.1) is 12.7 Å². The number of benzene rings is 2. The Morgan fingerprint density at radius 3 is 1.87 bits per heavy atom. The normalized spacial score (nSPS) is 14.5. The van der Waals surface area contributed by atoms with Gasteiger partial charge in [0, 0.05) is 11.1 Å². The monoisotopic (exact) mass is 423 g/mol. The molecular weight excluding hydrogens is 382 g/mol. The van der Waals surface area contributed by atoms with Crippen LogP contribution in [-0.2, 0) is 0 Å². The van der Waals surface area contributed by atoms with Crippen LogP contribution in [0.3, 0.4) is 0 Å². The van der Waals surface area contributed by atoms with Gasteiger partial charge in [-0.25, -0.2) is 0 Å². The van der Waals surface area contributed by atoms with E-state index < -0.39 is 0 Å². The van der Waals surface area contributed by atoms with Crippen LogP contribution in [0.25, 0.3) is 11.1 Å². The van der Waals surface area contributed by atoms with Crippen LogP contribution in [0.5, 0.6) is 11.5 Å². The number of unbranched alkanes of at least 4 members (excludes halogenated alkanes) is 7. The lowest BCUT2D eigenvalue weighted by Crippen LogP contribution is -2.19. The maximum absolute atomic E-state index is 6.44. The maximum atomic E-state index is 6.44. The third-order valence-electron chi connectivity index (χ3n) is 6.27. The van der Waals surface area contributed by atoms with Crippen molar-refractivity contribution in [3.05, 3.63) is 48.5 Å². The summed E-state index contributed by atoms with van der Waals surface area (Å²) in [5.41, 5.74) is 7.82. The van der Waals surface area contributed by atoms with E-state index in [2.05, 4.69) is 48.5 Å². The summed E-state index contributed by atoms with van der Waals surface area (Å²) in [6.45, 7) is 1.60. The van der Waals surface area contributed by atoms with Crippen molar-refractivity contribution in [3.8, 4) is 22.6 Å². The van der Waals surface area contributed by atoms with Crippen molar-refractivity contribution in [2.75, 3.05) is 13.2 Å². The number of nitrogens with two attached hydrogens (primary N) is 1. The molecule has 0 amide bonds. The first-order valence-corrected chi connectivity index (χ1v) is 12.6. The van der Waals surface area contributed by atoms with E-state index in [1.165, 1.54) is 77.0 Å². The second-order valence-corrected chi connectivity index (χ2v) is 8.84. The summed E-state index contributed by atoms with van der Waals surface area (Å²) in [7, 11) is 0. The lowest BCUT2D eigenvalue weighted by atomic mass is 9.97. The predicted molar refractivity (Wildman–Crippen MR) is 131 cm³/mol. The molecule has 0 bridgehead atoms. The Labute approximate surface area is 189 Å². The Balaban J connectivity index is 1.49. The molecule has 3 nitrogen and oxygen atoms in total. The summed E-state index contributed by atoms with van der Waals surface area (Å²) < 4.78 is 12.7. The molecule has 0 aliphatic heterocycles. The molecule has 1 aliphatic rings. The van der Waals surface area contributed by atoms with Gasteiger partial charge < -0.3 is 15.2 Å². The Kier molecular flexibility index (Phi) is 10.8. The lowest BCUT2D eigenvalue weighted by molar-refractivity contribution is 0.155. The van der Waals surface area contributed by atoms with Gasteiger partial charge in [-0.2, -0.15) is 0 Å². The summed E-state index contributed by atoms with van der Waals surface area (Å²) >= 11 is 0. The van der Waals surface area contributed by atoms with Gasteiger partial charge in [0.25, 0.3) is 0 Å². The smallest absolute Gasteiger partial charge is 0.127 e. The molecule has 0 atom stereocenters. The number of rotatable bonds is 14. The predicted octanol–water partition coefficient (Wildman–Crippen LogP) is 7.52. The van der Waals surface area contributed by atoms with Gasteiger partial charge in [0.2, 0.25) is 0 Å². The molecule has 0 radical (unpaired) electrons. The number of para-hydroxylation sites is 2. The van der Waals surface area contributed by atoms with E-state index >= 15 is 0 Å². The van der Waals surface area contributed by atoms with Gasteiger partial charge in [0.1, 0.15) is 11.5 Å². The molecule has 1 saturated carbocycles. The van der Waals surface area contributed by atoms with E-state index in [0.29, 0.717) is 6.10 Å². The summed E-state index contributed by atoms with van der Waals surface area (Å²) in [6.07, 6.45) is 16.6. The van der Waals surface area contributed by atoms with Crippen LogP contribution in [0.15, 0.2) is 48.5 Å². The number of hydrogen-bond donors (Lipinski definition) is 1. The average Bonchev–Trinajstić information content (AvgIpc) is 2.82. The molecule has 2 aromatic carbocycles. The SMILES string of the molecule is NCCCCCCCCCCOc1ccccc1-c1ccccc1OC1CCCCC1. The zero-order valence-corrected chi connectivity index (χ0v) is 19.2. The second-order valence-electron chi connectivity index (χ2n) is 8.84. The van der Waals surface area contributed by atoms with Crippen molar-refractivity contribution in [1.82, 2.24) is 0 Å². The van der Waals surface area contributed by atoms with Crippen LogP contribution in [0, 0.1) is 0 Å². The van der Waals surface area contributed by atoms with Gasteiger partial charge in [-0.3, -0.25) is 0 Å². The molecule has 0 heterocycles. The van der Waals surface area contributed by atoms with Crippen molar-refractivity contribution < 1.29 is 9.47 Å². The highest BCUT2D eigenvalue weighted by Crippen LogP contribution is 2.37. The first-order valence-electron chi connectivity index (χ1n) is 12.6. The molecule has 170 valence electrons. The van der Waals surface area contributed by atoms with Crippen LogP contribution >= 0.6 is 0 Å². The van der Waals surface area contributed by atoms with E-state index in [4.69, 9.17) is 15.2 Å². The lowest BCUT2D eigenvalue weighted by Gasteiger charge is -2.24. The fourth-order valence-corrected chi connectivity index (χ4v) is 4.46. The van der Waals surface area contributed by atoms with Crippen molar-refractivity contribution in [2.45, 2.75) is 89.6 Å². The van der Waals surface area contributed by atoms with Gasteiger partial charge >= 0.3 is 0 Å². The van der Waals surface area contributed by atoms with E-state index in [-0.39, 0.29) is 0 Å². The molecular formula is C28H41NO2. The van der Waals surface area contributed by atoms with Crippen LogP contribution in [-0.4, -0.2) is 19.3 Å². The third-order valence-corrected chi connectivity index (χ3v) is 6.27. The van der Waals surface area contributed by atoms with Gasteiger partial charge in [-0.15, -0.1) is 0 Å². The zero-order chi connectivity index (χ0) is 21.6. The van der Waals surface area contributed by atoms with Crippen LogP contribution < -0.4 is 15.2 Å². The zero-order valence-electron chi connectivity index (χ0n) is 19.2. The molecule has 0 spiro atoms. The summed E-state index contributed by atoms with van der Waals surface area (Å²) in [5.74, 6) is 1.95. The number of hydrogen-bond acceptors (Lipinski definition) is 3. The van der Waals surface area contributed by atoms with Crippen LogP contribution in [0.2, 0.25) is 0 Å². The van der Waals surface area contributed by atoms with E-state index in [0.717, 1.165) is 42.2 Å². The van der Waals surface area contributed by atoms with Crippen molar-refractivity contribution >= 4 is 0 Å². The highest BCUT2D eigenvalue weighted by Gasteiger charge is 2.18. The van der Waals surface area contributed by atoms with Gasteiger partial charge in [-0.1, -0.05) is 81.3 Å². The molecule has 0 unspecified atom stereocenters. The minimum Gasteiger partial charge on any atom is -0.493 e. The largest absolute Gasteiger partial charge is 0.493 e. The summed E-state index contributed by atoms with van der Waals surface area (Å²) in [4.78, 5) is 0. The Hall–Kier alpha value is -2.00. The molecule has 0 saturated heterocycles. The molecule has 3 rings (SSSR count). The standard InChI is InChI=1S/C28H41NO2/c29-22-14-5-3-1-2-4-6-15-23-30-27-20-12-10-18-25(27)26-19-11-13-21-28(26)31-24-16-8-7-9-17-24/h10-13,18-21,24H,1-9,14-17,22-23,29H2. The summed E-state index contributed by atoms with van der Waals surface area (Å²) in [5, 5.41) is 0. The Bertz CT molecular complexity index is 739. The molecule has 1 aliphatic carbocycles. The first kappa shape index (κ1) is 23.7. The topological polar surface area (TPSA) is 44.5 Å². The van der Waals surface area contributed by atoms with Crippen molar-refractivity contribution in [1.29, 1.82) is 0 Å². The molecule has 2 aromatic rings. The minimum atomic E-state index is 0.346. The molecule has 31 heavy (non-hydrogen) atoms. The van der Waals surface area contributed by atoms with E-state index in [1.54, 1.807) is 0 Å². The van der Waals surface area contributed by atoms with E-state index in [1.807, 2.05) is 0 Å². The fourth-order valence-electron chi connectivity index (χ4n) is 4.46. The van der Waals surface area contributed by atoms with Crippen molar-refractivity contribution in [3.63, 3.8) is 0 Å². The molecule has 3 heteroatoms. The third kappa shape index (κ3) is 8.22. The minimum absolute atomic E-state index is 0.346. The van der Waals surface area contributed by atoms with Gasteiger partial charge in [-0.05, 0) is 57.2 Å². The second kappa shape index (κ2) is 14.1. The van der Waals surface area contributed by atoms with Gasteiger partial charge in [0.15, 0.2) is 0 Å². The first-order chi connectivity index (χ1) is 15.4. The Morgan fingerprint density at radius 2 is 1.19 bits per heavy atom. The molecule has 1 fully saturated rings. The van der Waals surface area contributed by atoms with E-state index in [9.17, 15) is 0 Å². The molecule has 0 aromatic heterocycles. The van der Waals surface area contributed by atoms with Crippen LogP contribution in [0.1, 0.15) is 83.5 Å². The Morgan fingerprint density at radius 1 is 0.645 bits per heavy atom. The number of ether oxygens (including phenoxy) is 2. The maximum Gasteiger partial charge on any atom is 0.127 e. The quantitative estimate of drug-likeness (QED) is 0.319. The van der Waals surface area contributed by atoms with Crippen LogP contribution in [0.4, 0.5) is 0 Å². The average molecular weight is 424 g/mol. The van der Waals surface area contributed by atoms with Crippen molar-refractivity contribution in [2.24, 2.45) is 5.73 Å². The highest BCUT2D eigenvalue weighted by molar-refractivity contribution is 5.75. The molecule has 2 N–H and O–H groups in total.